The smallest absolute Gasteiger partial charge is 0.220 e. The van der Waals surface area contributed by atoms with Crippen LogP contribution >= 0.6 is 0 Å². The van der Waals surface area contributed by atoms with Crippen LogP contribution in [0.2, 0.25) is 0 Å². The van der Waals surface area contributed by atoms with Gasteiger partial charge in [0.15, 0.2) is 0 Å². The van der Waals surface area contributed by atoms with Gasteiger partial charge < -0.3 is 0 Å². The molecule has 0 aliphatic carbocycles. The van der Waals surface area contributed by atoms with E-state index in [9.17, 15) is 4.39 Å². The standard InChI is InChI=1S/C17H13FN2/c1-12-4-6-13(7-5-12)16-9-15(11-20-17(16)18)14-3-2-8-19-10-14/h2-11H,1H3. The van der Waals surface area contributed by atoms with Crippen LogP contribution in [0.3, 0.4) is 0 Å². The molecular weight excluding hydrogens is 251 g/mol. The summed E-state index contributed by atoms with van der Waals surface area (Å²) >= 11 is 0. The first kappa shape index (κ1) is 12.5. The summed E-state index contributed by atoms with van der Waals surface area (Å²) < 4.78 is 13.9. The molecule has 0 fully saturated rings. The van der Waals surface area contributed by atoms with Crippen LogP contribution in [0.25, 0.3) is 22.3 Å². The Morgan fingerprint density at radius 1 is 0.900 bits per heavy atom. The normalized spacial score (nSPS) is 10.5. The Kier molecular flexibility index (Phi) is 3.25. The zero-order valence-electron chi connectivity index (χ0n) is 11.0. The van der Waals surface area contributed by atoms with E-state index in [1.54, 1.807) is 12.4 Å². The van der Waals surface area contributed by atoms with Crippen molar-refractivity contribution in [1.82, 2.24) is 9.97 Å². The van der Waals surface area contributed by atoms with Crippen molar-refractivity contribution in [2.75, 3.05) is 0 Å². The average Bonchev–Trinajstić information content (AvgIpc) is 2.50. The molecule has 0 unspecified atom stereocenters. The van der Waals surface area contributed by atoms with Crippen LogP contribution in [0.4, 0.5) is 4.39 Å². The van der Waals surface area contributed by atoms with E-state index >= 15 is 0 Å². The minimum atomic E-state index is -0.457. The fraction of sp³-hybridized carbons (Fsp3) is 0.0588. The maximum absolute atomic E-state index is 13.9. The van der Waals surface area contributed by atoms with Crippen LogP contribution in [-0.4, -0.2) is 9.97 Å². The third-order valence-electron chi connectivity index (χ3n) is 3.20. The lowest BCUT2D eigenvalue weighted by atomic mass is 10.0. The van der Waals surface area contributed by atoms with Gasteiger partial charge in [0.25, 0.3) is 0 Å². The van der Waals surface area contributed by atoms with Crippen LogP contribution in [-0.2, 0) is 0 Å². The van der Waals surface area contributed by atoms with E-state index in [-0.39, 0.29) is 0 Å². The Bertz CT molecular complexity index is 722. The van der Waals surface area contributed by atoms with E-state index < -0.39 is 5.95 Å². The van der Waals surface area contributed by atoms with Crippen LogP contribution in [0.1, 0.15) is 5.56 Å². The largest absolute Gasteiger partial charge is 0.264 e. The lowest BCUT2D eigenvalue weighted by molar-refractivity contribution is 0.588. The summed E-state index contributed by atoms with van der Waals surface area (Å²) in [7, 11) is 0. The summed E-state index contributed by atoms with van der Waals surface area (Å²) in [6, 6.07) is 13.3. The second-order valence-corrected chi connectivity index (χ2v) is 4.67. The monoisotopic (exact) mass is 264 g/mol. The van der Waals surface area contributed by atoms with E-state index in [1.807, 2.05) is 49.4 Å². The van der Waals surface area contributed by atoms with Crippen molar-refractivity contribution < 1.29 is 4.39 Å². The number of nitrogens with zero attached hydrogens (tertiary/aromatic N) is 2. The average molecular weight is 264 g/mol. The Labute approximate surface area is 117 Å². The van der Waals surface area contributed by atoms with Crippen LogP contribution in [0, 0.1) is 12.9 Å². The molecule has 2 aromatic heterocycles. The molecule has 0 aliphatic heterocycles. The number of rotatable bonds is 2. The fourth-order valence-corrected chi connectivity index (χ4v) is 2.08. The summed E-state index contributed by atoms with van der Waals surface area (Å²) in [6.45, 7) is 2.00. The Morgan fingerprint density at radius 3 is 2.40 bits per heavy atom. The number of halogens is 1. The predicted molar refractivity (Wildman–Crippen MR) is 77.6 cm³/mol. The van der Waals surface area contributed by atoms with Gasteiger partial charge in [-0.3, -0.25) is 4.98 Å². The second kappa shape index (κ2) is 5.21. The van der Waals surface area contributed by atoms with Gasteiger partial charge in [0.1, 0.15) is 0 Å². The second-order valence-electron chi connectivity index (χ2n) is 4.67. The van der Waals surface area contributed by atoms with E-state index in [2.05, 4.69) is 9.97 Å². The highest BCUT2D eigenvalue weighted by atomic mass is 19.1. The van der Waals surface area contributed by atoms with Gasteiger partial charge in [0.05, 0.1) is 0 Å². The van der Waals surface area contributed by atoms with Crippen molar-refractivity contribution in [3.05, 3.63) is 72.6 Å². The molecule has 2 nitrogen and oxygen atoms in total. The Balaban J connectivity index is 2.10. The van der Waals surface area contributed by atoms with Crippen molar-refractivity contribution in [3.8, 4) is 22.3 Å². The molecule has 0 saturated heterocycles. The van der Waals surface area contributed by atoms with Gasteiger partial charge in [-0.1, -0.05) is 35.9 Å². The number of aryl methyl sites for hydroxylation is 1. The molecule has 20 heavy (non-hydrogen) atoms. The molecule has 0 atom stereocenters. The van der Waals surface area contributed by atoms with Crippen molar-refractivity contribution in [3.63, 3.8) is 0 Å². The third kappa shape index (κ3) is 2.43. The van der Waals surface area contributed by atoms with Crippen molar-refractivity contribution in [1.29, 1.82) is 0 Å². The molecule has 3 heteroatoms. The van der Waals surface area contributed by atoms with Gasteiger partial charge in [-0.15, -0.1) is 0 Å². The van der Waals surface area contributed by atoms with Gasteiger partial charge in [-0.25, -0.2) is 4.98 Å². The molecule has 98 valence electrons. The maximum Gasteiger partial charge on any atom is 0.220 e. The van der Waals surface area contributed by atoms with Crippen LogP contribution in [0.15, 0.2) is 61.1 Å². The predicted octanol–water partition coefficient (Wildman–Crippen LogP) is 4.26. The summed E-state index contributed by atoms with van der Waals surface area (Å²) in [4.78, 5) is 7.94. The number of aromatic nitrogens is 2. The van der Waals surface area contributed by atoms with Crippen LogP contribution < -0.4 is 0 Å². The molecule has 0 spiro atoms. The van der Waals surface area contributed by atoms with Gasteiger partial charge in [-0.2, -0.15) is 4.39 Å². The number of hydrogen-bond donors (Lipinski definition) is 0. The minimum absolute atomic E-state index is 0.457. The summed E-state index contributed by atoms with van der Waals surface area (Å²) in [6.07, 6.45) is 4.99. The highest BCUT2D eigenvalue weighted by Crippen LogP contribution is 2.27. The highest BCUT2D eigenvalue weighted by molar-refractivity contribution is 5.71. The molecule has 3 rings (SSSR count). The molecular formula is C17H13FN2. The zero-order valence-corrected chi connectivity index (χ0v) is 11.0. The topological polar surface area (TPSA) is 25.8 Å². The lowest BCUT2D eigenvalue weighted by Crippen LogP contribution is -1.91. The molecule has 0 radical (unpaired) electrons. The molecule has 0 bridgehead atoms. The first-order chi connectivity index (χ1) is 9.74. The fourth-order valence-electron chi connectivity index (χ4n) is 2.08. The molecule has 2 heterocycles. The quantitative estimate of drug-likeness (QED) is 0.646. The van der Waals surface area contributed by atoms with Gasteiger partial charge in [-0.05, 0) is 24.6 Å². The zero-order chi connectivity index (χ0) is 13.9. The first-order valence-electron chi connectivity index (χ1n) is 6.37. The molecule has 0 aliphatic rings. The van der Waals surface area contributed by atoms with Crippen molar-refractivity contribution in [2.45, 2.75) is 6.92 Å². The molecule has 0 saturated carbocycles. The van der Waals surface area contributed by atoms with E-state index in [0.29, 0.717) is 5.56 Å². The summed E-state index contributed by atoms with van der Waals surface area (Å²) in [5.74, 6) is -0.457. The SMILES string of the molecule is Cc1ccc(-c2cc(-c3cccnc3)cnc2F)cc1. The van der Waals surface area contributed by atoms with E-state index in [4.69, 9.17) is 0 Å². The van der Waals surface area contributed by atoms with E-state index in [1.165, 1.54) is 6.20 Å². The Morgan fingerprint density at radius 2 is 1.70 bits per heavy atom. The highest BCUT2D eigenvalue weighted by Gasteiger charge is 2.08. The summed E-state index contributed by atoms with van der Waals surface area (Å²) in [5.41, 5.74) is 4.26. The van der Waals surface area contributed by atoms with Gasteiger partial charge >= 0.3 is 0 Å². The number of benzene rings is 1. The van der Waals surface area contributed by atoms with E-state index in [0.717, 1.165) is 22.3 Å². The number of hydrogen-bond acceptors (Lipinski definition) is 2. The lowest BCUT2D eigenvalue weighted by Gasteiger charge is -2.07. The summed E-state index contributed by atoms with van der Waals surface area (Å²) in [5, 5.41) is 0. The van der Waals surface area contributed by atoms with Crippen LogP contribution in [0.5, 0.6) is 0 Å². The first-order valence-corrected chi connectivity index (χ1v) is 6.37. The van der Waals surface area contributed by atoms with Gasteiger partial charge in [0, 0.05) is 35.3 Å². The number of pyridine rings is 2. The third-order valence-corrected chi connectivity index (χ3v) is 3.20. The van der Waals surface area contributed by atoms with Crippen molar-refractivity contribution >= 4 is 0 Å². The minimum Gasteiger partial charge on any atom is -0.264 e. The van der Waals surface area contributed by atoms with Crippen molar-refractivity contribution in [2.24, 2.45) is 0 Å². The molecule has 1 aromatic carbocycles. The van der Waals surface area contributed by atoms with Gasteiger partial charge in [0.2, 0.25) is 5.95 Å². The molecule has 3 aromatic rings. The molecule has 0 amide bonds. The maximum atomic E-state index is 13.9. The molecule has 0 N–H and O–H groups in total. The Hall–Kier alpha value is -2.55.